The van der Waals surface area contributed by atoms with Crippen molar-refractivity contribution < 1.29 is 23.1 Å². The van der Waals surface area contributed by atoms with Gasteiger partial charge in [0.05, 0.1) is 7.11 Å². The summed E-state index contributed by atoms with van der Waals surface area (Å²) in [5, 5.41) is 0. The molecule has 0 bridgehead atoms. The fraction of sp³-hybridized carbons (Fsp3) is 0.455. The molecule has 0 amide bonds. The molecular weight excluding hydrogens is 232 g/mol. The van der Waals surface area contributed by atoms with E-state index >= 15 is 0 Å². The summed E-state index contributed by atoms with van der Waals surface area (Å²) in [6.07, 6.45) is -2.56. The molecule has 4 nitrogen and oxygen atoms in total. The summed E-state index contributed by atoms with van der Waals surface area (Å²) in [5.74, 6) is 0.862. The Morgan fingerprint density at radius 3 is 2.53 bits per heavy atom. The van der Waals surface area contributed by atoms with E-state index in [0.29, 0.717) is 30.3 Å². The van der Waals surface area contributed by atoms with Crippen molar-refractivity contribution in [3.63, 3.8) is 0 Å². The first kappa shape index (κ1) is 12.1. The topological polar surface area (TPSA) is 39.7 Å². The van der Waals surface area contributed by atoms with Gasteiger partial charge in [-0.25, -0.2) is 8.78 Å². The van der Waals surface area contributed by atoms with Crippen LogP contribution in [0.5, 0.6) is 11.5 Å². The molecule has 2 rings (SSSR count). The molecule has 1 heterocycles. The first-order valence-electron chi connectivity index (χ1n) is 5.18. The summed E-state index contributed by atoms with van der Waals surface area (Å²) in [6.45, 7) is 0.996. The molecule has 0 fully saturated rings. The Kier molecular flexibility index (Phi) is 3.75. The molecule has 1 aliphatic heterocycles. The number of alkyl halides is 2. The van der Waals surface area contributed by atoms with Crippen LogP contribution in [0.25, 0.3) is 0 Å². The molecule has 0 saturated carbocycles. The number of rotatable bonds is 4. The van der Waals surface area contributed by atoms with Crippen LogP contribution in [-0.2, 0) is 11.4 Å². The molecule has 1 aromatic rings. The van der Waals surface area contributed by atoms with E-state index in [-0.39, 0.29) is 12.1 Å². The van der Waals surface area contributed by atoms with Crippen molar-refractivity contribution in [1.29, 1.82) is 0 Å². The van der Waals surface area contributed by atoms with E-state index in [0.717, 1.165) is 0 Å². The molecular formula is C11H13F2NO3. The van der Waals surface area contributed by atoms with Crippen LogP contribution >= 0.6 is 0 Å². The van der Waals surface area contributed by atoms with Crippen molar-refractivity contribution in [3.8, 4) is 11.5 Å². The molecule has 0 aliphatic carbocycles. The van der Waals surface area contributed by atoms with Crippen molar-refractivity contribution in [3.05, 3.63) is 23.3 Å². The van der Waals surface area contributed by atoms with Gasteiger partial charge in [0.1, 0.15) is 13.2 Å². The Morgan fingerprint density at radius 2 is 1.94 bits per heavy atom. The largest absolute Gasteiger partial charge is 0.486 e. The van der Waals surface area contributed by atoms with Crippen LogP contribution in [0, 0.1) is 0 Å². The van der Waals surface area contributed by atoms with Gasteiger partial charge < -0.3 is 14.3 Å². The second-order valence-electron chi connectivity index (χ2n) is 3.52. The lowest BCUT2D eigenvalue weighted by Gasteiger charge is -2.21. The standard InChI is InChI=1S/C11H13F2NO3/c1-15-14-6-7-4-9-10(17-3-2-16-9)5-8(7)11(12)13/h4-5,11,14H,2-3,6H2,1H3. The van der Waals surface area contributed by atoms with Gasteiger partial charge >= 0.3 is 0 Å². The maximum absolute atomic E-state index is 12.9. The number of nitrogens with one attached hydrogen (secondary N) is 1. The van der Waals surface area contributed by atoms with Gasteiger partial charge in [-0.3, -0.25) is 0 Å². The van der Waals surface area contributed by atoms with Gasteiger partial charge in [0.15, 0.2) is 11.5 Å². The molecule has 0 atom stereocenters. The normalized spacial score (nSPS) is 14.1. The average Bonchev–Trinajstić information content (AvgIpc) is 2.35. The Hall–Kier alpha value is -1.40. The highest BCUT2D eigenvalue weighted by Crippen LogP contribution is 2.36. The molecule has 1 aliphatic rings. The minimum Gasteiger partial charge on any atom is -0.486 e. The van der Waals surface area contributed by atoms with Crippen molar-refractivity contribution in [2.45, 2.75) is 13.0 Å². The second-order valence-corrected chi connectivity index (χ2v) is 3.52. The highest BCUT2D eigenvalue weighted by atomic mass is 19.3. The summed E-state index contributed by atoms with van der Waals surface area (Å²) >= 11 is 0. The summed E-state index contributed by atoms with van der Waals surface area (Å²) in [5.41, 5.74) is 2.90. The SMILES string of the molecule is CONCc1cc2c(cc1C(F)F)OCCO2. The van der Waals surface area contributed by atoms with Gasteiger partial charge in [0.25, 0.3) is 6.43 Å². The smallest absolute Gasteiger partial charge is 0.264 e. The number of hydroxylamine groups is 1. The maximum atomic E-state index is 12.9. The molecule has 94 valence electrons. The van der Waals surface area contributed by atoms with Crippen molar-refractivity contribution in [2.75, 3.05) is 20.3 Å². The highest BCUT2D eigenvalue weighted by molar-refractivity contribution is 5.48. The third-order valence-corrected chi connectivity index (χ3v) is 2.45. The molecule has 17 heavy (non-hydrogen) atoms. The van der Waals surface area contributed by atoms with E-state index in [1.54, 1.807) is 6.07 Å². The van der Waals surface area contributed by atoms with Crippen LogP contribution in [0.2, 0.25) is 0 Å². The quantitative estimate of drug-likeness (QED) is 0.824. The highest BCUT2D eigenvalue weighted by Gasteiger charge is 2.20. The van der Waals surface area contributed by atoms with Crippen molar-refractivity contribution in [2.24, 2.45) is 0 Å². The fourth-order valence-electron chi connectivity index (χ4n) is 1.65. The van der Waals surface area contributed by atoms with E-state index in [1.165, 1.54) is 13.2 Å². The van der Waals surface area contributed by atoms with E-state index in [1.807, 2.05) is 0 Å². The number of ether oxygens (including phenoxy) is 2. The van der Waals surface area contributed by atoms with Crippen LogP contribution in [-0.4, -0.2) is 20.3 Å². The lowest BCUT2D eigenvalue weighted by Crippen LogP contribution is -2.18. The summed E-state index contributed by atoms with van der Waals surface area (Å²) in [6, 6.07) is 2.88. The predicted molar refractivity (Wildman–Crippen MR) is 56.2 cm³/mol. The third-order valence-electron chi connectivity index (χ3n) is 2.45. The average molecular weight is 245 g/mol. The van der Waals surface area contributed by atoms with Crippen molar-refractivity contribution in [1.82, 2.24) is 5.48 Å². The van der Waals surface area contributed by atoms with Gasteiger partial charge in [-0.2, -0.15) is 5.48 Å². The molecule has 0 saturated heterocycles. The van der Waals surface area contributed by atoms with E-state index in [2.05, 4.69) is 10.3 Å². The fourth-order valence-corrected chi connectivity index (χ4v) is 1.65. The van der Waals surface area contributed by atoms with Gasteiger partial charge in [-0.1, -0.05) is 0 Å². The Labute approximate surface area is 97.4 Å². The van der Waals surface area contributed by atoms with E-state index in [9.17, 15) is 8.78 Å². The number of benzene rings is 1. The van der Waals surface area contributed by atoms with Crippen LogP contribution < -0.4 is 15.0 Å². The zero-order valence-electron chi connectivity index (χ0n) is 9.33. The Bertz CT molecular complexity index is 399. The Morgan fingerprint density at radius 1 is 1.29 bits per heavy atom. The number of hydrogen-bond acceptors (Lipinski definition) is 4. The Balaban J connectivity index is 2.33. The zero-order valence-corrected chi connectivity index (χ0v) is 9.33. The summed E-state index contributed by atoms with van der Waals surface area (Å²) in [4.78, 5) is 4.66. The van der Waals surface area contributed by atoms with Crippen LogP contribution in [0.4, 0.5) is 8.78 Å². The number of halogens is 2. The molecule has 1 aromatic carbocycles. The van der Waals surface area contributed by atoms with Crippen molar-refractivity contribution >= 4 is 0 Å². The minimum atomic E-state index is -2.56. The lowest BCUT2D eigenvalue weighted by molar-refractivity contribution is 0.0845. The van der Waals surface area contributed by atoms with Crippen LogP contribution in [0.15, 0.2) is 12.1 Å². The molecule has 0 unspecified atom stereocenters. The van der Waals surface area contributed by atoms with Crippen LogP contribution in [0.3, 0.4) is 0 Å². The summed E-state index contributed by atoms with van der Waals surface area (Å²) in [7, 11) is 1.43. The monoisotopic (exact) mass is 245 g/mol. The van der Waals surface area contributed by atoms with E-state index in [4.69, 9.17) is 9.47 Å². The minimum absolute atomic E-state index is 0.0706. The second kappa shape index (κ2) is 5.29. The van der Waals surface area contributed by atoms with Crippen LogP contribution in [0.1, 0.15) is 17.6 Å². The molecule has 6 heteroatoms. The maximum Gasteiger partial charge on any atom is 0.264 e. The van der Waals surface area contributed by atoms with Gasteiger partial charge in [0, 0.05) is 12.1 Å². The number of fused-ring (bicyclic) bond motifs is 1. The first-order chi connectivity index (χ1) is 8.22. The zero-order chi connectivity index (χ0) is 12.3. The first-order valence-corrected chi connectivity index (χ1v) is 5.18. The number of hydrogen-bond donors (Lipinski definition) is 1. The van der Waals surface area contributed by atoms with Gasteiger partial charge in [-0.05, 0) is 17.7 Å². The molecule has 0 aromatic heterocycles. The van der Waals surface area contributed by atoms with Gasteiger partial charge in [0.2, 0.25) is 0 Å². The lowest BCUT2D eigenvalue weighted by atomic mass is 10.1. The van der Waals surface area contributed by atoms with E-state index < -0.39 is 6.43 Å². The molecule has 1 N–H and O–H groups in total. The summed E-state index contributed by atoms with van der Waals surface area (Å²) < 4.78 is 36.3. The third kappa shape index (κ3) is 2.65. The van der Waals surface area contributed by atoms with Gasteiger partial charge in [-0.15, -0.1) is 0 Å². The predicted octanol–water partition coefficient (Wildman–Crippen LogP) is 2.05. The molecule has 0 spiro atoms. The molecule has 0 radical (unpaired) electrons.